The Bertz CT molecular complexity index is 357. The molecule has 2 rings (SSSR count). The summed E-state index contributed by atoms with van der Waals surface area (Å²) < 4.78 is 6.75. The maximum atomic E-state index is 11.5. The molecule has 1 atom stereocenters. The first-order chi connectivity index (χ1) is 7.74. The highest BCUT2D eigenvalue weighted by molar-refractivity contribution is 5.75. The molecule has 0 radical (unpaired) electrons. The molecule has 0 bridgehead atoms. The van der Waals surface area contributed by atoms with Crippen molar-refractivity contribution in [2.75, 3.05) is 25.5 Å². The zero-order valence-electron chi connectivity index (χ0n) is 9.06. The minimum atomic E-state index is -0.0463. The molecule has 88 valence electrons. The summed E-state index contributed by atoms with van der Waals surface area (Å²) in [4.78, 5) is 11.5. The van der Waals surface area contributed by atoms with Gasteiger partial charge in [0.05, 0.1) is 6.61 Å². The van der Waals surface area contributed by atoms with E-state index in [9.17, 15) is 4.79 Å². The summed E-state index contributed by atoms with van der Waals surface area (Å²) in [7, 11) is 0. The van der Waals surface area contributed by atoms with Crippen LogP contribution in [0.5, 0.6) is 0 Å². The lowest BCUT2D eigenvalue weighted by Gasteiger charge is -2.09. The molecule has 0 aromatic carbocycles. The summed E-state index contributed by atoms with van der Waals surface area (Å²) in [5, 5.41) is 6.80. The van der Waals surface area contributed by atoms with Gasteiger partial charge in [-0.1, -0.05) is 0 Å². The zero-order valence-corrected chi connectivity index (χ0v) is 9.06. The second-order valence-corrected chi connectivity index (χ2v) is 3.97. The largest absolute Gasteiger partial charge is 0.382 e. The van der Waals surface area contributed by atoms with Gasteiger partial charge in [-0.3, -0.25) is 9.48 Å². The van der Waals surface area contributed by atoms with Gasteiger partial charge in [0.15, 0.2) is 0 Å². The average Bonchev–Trinajstić information content (AvgIpc) is 2.87. The molecule has 0 saturated carbocycles. The molecule has 1 aliphatic heterocycles. The highest BCUT2D eigenvalue weighted by atomic mass is 16.5. The smallest absolute Gasteiger partial charge is 0.241 e. The van der Waals surface area contributed by atoms with Crippen LogP contribution in [0, 0.1) is 5.92 Å². The van der Waals surface area contributed by atoms with Crippen LogP contribution in [0.25, 0.3) is 0 Å². The number of aromatic nitrogens is 2. The monoisotopic (exact) mass is 224 g/mol. The second kappa shape index (κ2) is 4.98. The van der Waals surface area contributed by atoms with Crippen molar-refractivity contribution in [3.05, 3.63) is 12.3 Å². The number of carbonyl (C=O) groups excluding carboxylic acids is 1. The minimum Gasteiger partial charge on any atom is -0.382 e. The van der Waals surface area contributed by atoms with Crippen LogP contribution in [-0.2, 0) is 16.1 Å². The number of nitrogen functional groups attached to an aromatic ring is 1. The fourth-order valence-corrected chi connectivity index (χ4v) is 1.67. The van der Waals surface area contributed by atoms with E-state index in [1.54, 1.807) is 12.3 Å². The number of hydrogen-bond acceptors (Lipinski definition) is 4. The number of nitrogens with zero attached hydrogens (tertiary/aromatic N) is 2. The summed E-state index contributed by atoms with van der Waals surface area (Å²) in [6, 6.07) is 1.66. The Morgan fingerprint density at radius 1 is 1.75 bits per heavy atom. The fraction of sp³-hybridized carbons (Fsp3) is 0.600. The van der Waals surface area contributed by atoms with Gasteiger partial charge in [-0.05, 0) is 12.5 Å². The van der Waals surface area contributed by atoms with Gasteiger partial charge in [0.2, 0.25) is 5.91 Å². The number of amides is 1. The van der Waals surface area contributed by atoms with Gasteiger partial charge < -0.3 is 15.8 Å². The van der Waals surface area contributed by atoms with E-state index in [1.807, 2.05) is 0 Å². The number of rotatable bonds is 4. The third-order valence-corrected chi connectivity index (χ3v) is 2.58. The third-order valence-electron chi connectivity index (χ3n) is 2.58. The maximum Gasteiger partial charge on any atom is 0.241 e. The normalized spacial score (nSPS) is 19.9. The van der Waals surface area contributed by atoms with Gasteiger partial charge in [0.1, 0.15) is 12.4 Å². The molecule has 0 spiro atoms. The molecule has 6 heteroatoms. The van der Waals surface area contributed by atoms with E-state index < -0.39 is 0 Å². The Morgan fingerprint density at radius 2 is 2.62 bits per heavy atom. The van der Waals surface area contributed by atoms with Crippen molar-refractivity contribution in [2.45, 2.75) is 13.0 Å². The fourth-order valence-electron chi connectivity index (χ4n) is 1.67. The molecular formula is C10H16N4O2. The molecule has 1 aromatic rings. The van der Waals surface area contributed by atoms with Crippen LogP contribution in [0.15, 0.2) is 12.3 Å². The van der Waals surface area contributed by atoms with Gasteiger partial charge >= 0.3 is 0 Å². The van der Waals surface area contributed by atoms with Gasteiger partial charge in [-0.2, -0.15) is 5.10 Å². The maximum absolute atomic E-state index is 11.5. The van der Waals surface area contributed by atoms with Crippen molar-refractivity contribution in [3.63, 3.8) is 0 Å². The van der Waals surface area contributed by atoms with E-state index in [1.165, 1.54) is 4.68 Å². The number of hydrogen-bond donors (Lipinski definition) is 2. The van der Waals surface area contributed by atoms with E-state index in [4.69, 9.17) is 10.5 Å². The molecule has 1 saturated heterocycles. The van der Waals surface area contributed by atoms with Crippen molar-refractivity contribution >= 4 is 11.7 Å². The van der Waals surface area contributed by atoms with Gasteiger partial charge in [0, 0.05) is 25.3 Å². The molecule has 3 N–H and O–H groups in total. The predicted molar refractivity (Wildman–Crippen MR) is 58.6 cm³/mol. The van der Waals surface area contributed by atoms with E-state index in [-0.39, 0.29) is 12.5 Å². The third kappa shape index (κ3) is 2.96. The Labute approximate surface area is 93.8 Å². The molecule has 1 unspecified atom stereocenters. The van der Waals surface area contributed by atoms with Crippen molar-refractivity contribution in [2.24, 2.45) is 5.92 Å². The summed E-state index contributed by atoms with van der Waals surface area (Å²) in [5.74, 6) is 0.832. The first kappa shape index (κ1) is 10.9. The van der Waals surface area contributed by atoms with Gasteiger partial charge in [0.25, 0.3) is 0 Å². The highest BCUT2D eigenvalue weighted by Gasteiger charge is 2.16. The molecule has 6 nitrogen and oxygen atoms in total. The molecule has 1 amide bonds. The van der Waals surface area contributed by atoms with Crippen molar-refractivity contribution < 1.29 is 9.53 Å². The van der Waals surface area contributed by atoms with Crippen LogP contribution < -0.4 is 11.1 Å². The standard InChI is InChI=1S/C10H16N4O2/c11-9-1-3-14(13-9)6-10(15)12-5-8-2-4-16-7-8/h1,3,8H,2,4-7H2,(H2,11,13)(H,12,15). The number of nitrogens with one attached hydrogen (secondary N) is 1. The van der Waals surface area contributed by atoms with Crippen LogP contribution in [0.2, 0.25) is 0 Å². The van der Waals surface area contributed by atoms with Crippen LogP contribution in [0.1, 0.15) is 6.42 Å². The second-order valence-electron chi connectivity index (χ2n) is 3.97. The van der Waals surface area contributed by atoms with E-state index in [0.29, 0.717) is 18.3 Å². The SMILES string of the molecule is Nc1ccn(CC(=O)NCC2CCOC2)n1. The number of nitrogens with two attached hydrogens (primary N) is 1. The summed E-state index contributed by atoms with van der Waals surface area (Å²) in [6.07, 6.45) is 2.71. The van der Waals surface area contributed by atoms with Crippen LogP contribution in [0.3, 0.4) is 0 Å². The Balaban J connectivity index is 1.71. The van der Waals surface area contributed by atoms with Gasteiger partial charge in [-0.15, -0.1) is 0 Å². The van der Waals surface area contributed by atoms with Crippen LogP contribution in [0.4, 0.5) is 5.82 Å². The zero-order chi connectivity index (χ0) is 11.4. The molecule has 1 fully saturated rings. The van der Waals surface area contributed by atoms with E-state index in [0.717, 1.165) is 19.6 Å². The van der Waals surface area contributed by atoms with Crippen molar-refractivity contribution in [3.8, 4) is 0 Å². The molecule has 16 heavy (non-hydrogen) atoms. The quantitative estimate of drug-likeness (QED) is 0.730. The summed E-state index contributed by atoms with van der Waals surface area (Å²) in [5.41, 5.74) is 5.45. The predicted octanol–water partition coefficient (Wildman–Crippen LogP) is -0.382. The highest BCUT2D eigenvalue weighted by Crippen LogP contribution is 2.10. The number of anilines is 1. The first-order valence-corrected chi connectivity index (χ1v) is 5.37. The Kier molecular flexibility index (Phi) is 3.40. The molecule has 1 aliphatic rings. The van der Waals surface area contributed by atoms with Crippen LogP contribution >= 0.6 is 0 Å². The first-order valence-electron chi connectivity index (χ1n) is 5.37. The molecule has 0 aliphatic carbocycles. The molecule has 1 aromatic heterocycles. The van der Waals surface area contributed by atoms with Crippen molar-refractivity contribution in [1.29, 1.82) is 0 Å². The molecule has 2 heterocycles. The lowest BCUT2D eigenvalue weighted by atomic mass is 10.1. The average molecular weight is 224 g/mol. The van der Waals surface area contributed by atoms with Crippen LogP contribution in [-0.4, -0.2) is 35.4 Å². The Morgan fingerprint density at radius 3 is 3.25 bits per heavy atom. The summed E-state index contributed by atoms with van der Waals surface area (Å²) >= 11 is 0. The molecular weight excluding hydrogens is 208 g/mol. The number of ether oxygens (including phenoxy) is 1. The Hall–Kier alpha value is -1.56. The summed E-state index contributed by atoms with van der Waals surface area (Å²) in [6.45, 7) is 2.44. The van der Waals surface area contributed by atoms with E-state index in [2.05, 4.69) is 10.4 Å². The lowest BCUT2D eigenvalue weighted by Crippen LogP contribution is -2.32. The lowest BCUT2D eigenvalue weighted by molar-refractivity contribution is -0.122. The van der Waals surface area contributed by atoms with E-state index >= 15 is 0 Å². The topological polar surface area (TPSA) is 82.2 Å². The van der Waals surface area contributed by atoms with Crippen molar-refractivity contribution in [1.82, 2.24) is 15.1 Å². The number of carbonyl (C=O) groups is 1. The van der Waals surface area contributed by atoms with Gasteiger partial charge in [-0.25, -0.2) is 0 Å². The minimum absolute atomic E-state index is 0.0463.